The highest BCUT2D eigenvalue weighted by Gasteiger charge is 2.17. The van der Waals surface area contributed by atoms with Gasteiger partial charge in [0.2, 0.25) is 0 Å². The summed E-state index contributed by atoms with van der Waals surface area (Å²) in [4.78, 5) is 16.8. The second-order valence-electron chi connectivity index (χ2n) is 7.73. The number of thiocarbonyl (C=S) groups is 1. The molecule has 1 aliphatic rings. The number of hydrogen-bond acceptors (Lipinski definition) is 3. The molecule has 0 aromatic heterocycles. The van der Waals surface area contributed by atoms with Crippen molar-refractivity contribution in [3.63, 3.8) is 0 Å². The van der Waals surface area contributed by atoms with Crippen molar-refractivity contribution >= 4 is 34.6 Å². The average molecular weight is 425 g/mol. The minimum absolute atomic E-state index is 0.123. The Balaban J connectivity index is 1.45. The van der Waals surface area contributed by atoms with E-state index in [9.17, 15) is 4.79 Å². The summed E-state index contributed by atoms with van der Waals surface area (Å²) in [7, 11) is 0. The molecule has 1 heterocycles. The lowest BCUT2D eigenvalue weighted by molar-refractivity contribution is 0.0724. The molecule has 2 aromatic carbocycles. The third-order valence-corrected chi connectivity index (χ3v) is 5.73. The van der Waals surface area contributed by atoms with Gasteiger partial charge in [0.1, 0.15) is 0 Å². The molecule has 0 bridgehead atoms. The van der Waals surface area contributed by atoms with Crippen LogP contribution in [-0.2, 0) is 0 Å². The zero-order valence-corrected chi connectivity index (χ0v) is 18.8. The quantitative estimate of drug-likeness (QED) is 0.644. The summed E-state index contributed by atoms with van der Waals surface area (Å²) in [6.07, 6.45) is 3.42. The lowest BCUT2D eigenvalue weighted by atomic mass is 10.1. The number of carbonyl (C=O) groups is 1. The van der Waals surface area contributed by atoms with Gasteiger partial charge >= 0.3 is 0 Å². The molecule has 6 heteroatoms. The predicted octanol–water partition coefficient (Wildman–Crippen LogP) is 4.43. The normalized spacial score (nSPS) is 13.6. The maximum Gasteiger partial charge on any atom is 0.253 e. The van der Waals surface area contributed by atoms with Crippen molar-refractivity contribution in [3.05, 3.63) is 59.7 Å². The molecule has 0 spiro atoms. The van der Waals surface area contributed by atoms with Crippen LogP contribution in [0.25, 0.3) is 0 Å². The van der Waals surface area contributed by atoms with Gasteiger partial charge in [0.05, 0.1) is 0 Å². The van der Waals surface area contributed by atoms with Crippen molar-refractivity contribution < 1.29 is 4.79 Å². The van der Waals surface area contributed by atoms with E-state index >= 15 is 0 Å². The van der Waals surface area contributed by atoms with E-state index in [1.807, 2.05) is 29.2 Å². The second-order valence-corrected chi connectivity index (χ2v) is 8.13. The number of likely N-dealkylation sites (N-methyl/N-ethyl adjacent to an activating group) is 1. The molecule has 2 N–H and O–H groups in total. The highest BCUT2D eigenvalue weighted by atomic mass is 32.1. The Kier molecular flexibility index (Phi) is 8.08. The molecule has 1 fully saturated rings. The second kappa shape index (κ2) is 11.0. The van der Waals surface area contributed by atoms with Crippen LogP contribution in [0.15, 0.2) is 48.5 Å². The molecule has 0 radical (unpaired) electrons. The maximum absolute atomic E-state index is 12.6. The number of hydrogen-bond donors (Lipinski definition) is 2. The molecular weight excluding hydrogens is 392 g/mol. The number of anilines is 2. The maximum atomic E-state index is 12.6. The molecule has 30 heavy (non-hydrogen) atoms. The third-order valence-electron chi connectivity index (χ3n) is 5.48. The number of carbonyl (C=O) groups excluding carboxylic acids is 1. The Labute approximate surface area is 185 Å². The van der Waals surface area contributed by atoms with E-state index in [2.05, 4.69) is 53.6 Å². The van der Waals surface area contributed by atoms with Crippen LogP contribution >= 0.6 is 12.2 Å². The van der Waals surface area contributed by atoms with Gasteiger partial charge in [-0.25, -0.2) is 0 Å². The lowest BCUT2D eigenvalue weighted by Crippen LogP contribution is -2.37. The Morgan fingerprint density at radius 2 is 1.70 bits per heavy atom. The number of rotatable bonds is 7. The average Bonchev–Trinajstić information content (AvgIpc) is 2.78. The molecule has 0 saturated carbocycles. The van der Waals surface area contributed by atoms with Crippen LogP contribution in [0.5, 0.6) is 0 Å². The monoisotopic (exact) mass is 424 g/mol. The van der Waals surface area contributed by atoms with Crippen LogP contribution in [0.4, 0.5) is 11.4 Å². The molecule has 1 amide bonds. The molecular formula is C24H32N4OS. The number of nitrogens with one attached hydrogen (secondary N) is 2. The zero-order chi connectivity index (χ0) is 21.3. The first-order valence-electron chi connectivity index (χ1n) is 10.8. The van der Waals surface area contributed by atoms with E-state index in [1.165, 1.54) is 17.7 Å². The smallest absolute Gasteiger partial charge is 0.253 e. The Hall–Kier alpha value is -2.60. The largest absolute Gasteiger partial charge is 0.370 e. The van der Waals surface area contributed by atoms with Crippen LogP contribution in [0.3, 0.4) is 0 Å². The lowest BCUT2D eigenvalue weighted by Gasteiger charge is -2.26. The van der Waals surface area contributed by atoms with Gasteiger partial charge in [-0.1, -0.05) is 17.7 Å². The van der Waals surface area contributed by atoms with Gasteiger partial charge in [0.15, 0.2) is 5.11 Å². The molecule has 160 valence electrons. The summed E-state index contributed by atoms with van der Waals surface area (Å²) < 4.78 is 0. The number of aryl methyl sites for hydroxylation is 1. The first-order chi connectivity index (χ1) is 14.6. The predicted molar refractivity (Wildman–Crippen MR) is 129 cm³/mol. The van der Waals surface area contributed by atoms with Crippen LogP contribution in [-0.4, -0.2) is 48.6 Å². The van der Waals surface area contributed by atoms with Crippen molar-refractivity contribution in [2.45, 2.75) is 33.1 Å². The van der Waals surface area contributed by atoms with Crippen molar-refractivity contribution in [1.29, 1.82) is 0 Å². The summed E-state index contributed by atoms with van der Waals surface area (Å²) >= 11 is 5.43. The van der Waals surface area contributed by atoms with Crippen LogP contribution in [0.1, 0.15) is 42.1 Å². The molecule has 0 aliphatic carbocycles. The van der Waals surface area contributed by atoms with E-state index in [0.29, 0.717) is 5.11 Å². The summed E-state index contributed by atoms with van der Waals surface area (Å²) in [6.45, 7) is 8.54. The highest BCUT2D eigenvalue weighted by Crippen LogP contribution is 2.16. The number of benzene rings is 2. The minimum atomic E-state index is 0.123. The Morgan fingerprint density at radius 3 is 2.33 bits per heavy atom. The van der Waals surface area contributed by atoms with Crippen molar-refractivity contribution in [2.75, 3.05) is 42.9 Å². The molecule has 2 aromatic rings. The fraction of sp³-hybridized carbons (Fsp3) is 0.417. The van der Waals surface area contributed by atoms with Crippen LogP contribution < -0.4 is 15.5 Å². The van der Waals surface area contributed by atoms with Gasteiger partial charge in [-0.15, -0.1) is 0 Å². The fourth-order valence-corrected chi connectivity index (χ4v) is 3.90. The van der Waals surface area contributed by atoms with Crippen LogP contribution in [0, 0.1) is 6.92 Å². The number of amides is 1. The van der Waals surface area contributed by atoms with Crippen molar-refractivity contribution in [1.82, 2.24) is 10.2 Å². The molecule has 0 unspecified atom stereocenters. The highest BCUT2D eigenvalue weighted by molar-refractivity contribution is 7.80. The molecule has 1 saturated heterocycles. The molecule has 1 aliphatic heterocycles. The number of likely N-dealkylation sites (tertiary alicyclic amines) is 1. The van der Waals surface area contributed by atoms with Crippen LogP contribution in [0.2, 0.25) is 0 Å². The van der Waals surface area contributed by atoms with Crippen molar-refractivity contribution in [2.24, 2.45) is 0 Å². The van der Waals surface area contributed by atoms with E-state index in [4.69, 9.17) is 12.2 Å². The molecule has 0 atom stereocenters. The topological polar surface area (TPSA) is 47.6 Å². The summed E-state index contributed by atoms with van der Waals surface area (Å²) in [6, 6.07) is 16.2. The van der Waals surface area contributed by atoms with E-state index in [0.717, 1.165) is 56.8 Å². The van der Waals surface area contributed by atoms with Gasteiger partial charge in [0, 0.05) is 49.7 Å². The van der Waals surface area contributed by atoms with E-state index in [-0.39, 0.29) is 5.91 Å². The SMILES string of the molecule is CCN(CCNC(=S)Nc1ccc(C(=O)N2CCCCC2)cc1)c1ccc(C)cc1. The van der Waals surface area contributed by atoms with E-state index < -0.39 is 0 Å². The van der Waals surface area contributed by atoms with E-state index in [1.54, 1.807) is 0 Å². The Morgan fingerprint density at radius 1 is 1.03 bits per heavy atom. The van der Waals surface area contributed by atoms with Gasteiger partial charge in [-0.2, -0.15) is 0 Å². The fourth-order valence-electron chi connectivity index (χ4n) is 3.68. The Bertz CT molecular complexity index is 829. The minimum Gasteiger partial charge on any atom is -0.370 e. The van der Waals surface area contributed by atoms with Crippen molar-refractivity contribution in [3.8, 4) is 0 Å². The molecule has 3 rings (SSSR count). The van der Waals surface area contributed by atoms with Gasteiger partial charge in [-0.05, 0) is 81.7 Å². The van der Waals surface area contributed by atoms with Gasteiger partial charge in [-0.3, -0.25) is 4.79 Å². The molecule has 5 nitrogen and oxygen atoms in total. The standard InChI is InChI=1S/C24H32N4OS/c1-3-27(22-13-7-19(2)8-14-22)18-15-25-24(30)26-21-11-9-20(10-12-21)23(29)28-16-5-4-6-17-28/h7-14H,3-6,15-18H2,1-2H3,(H2,25,26,30). The summed E-state index contributed by atoms with van der Waals surface area (Å²) in [5, 5.41) is 7.06. The van der Waals surface area contributed by atoms with Gasteiger partial charge in [0.25, 0.3) is 5.91 Å². The zero-order valence-electron chi connectivity index (χ0n) is 18.0. The number of piperidine rings is 1. The summed E-state index contributed by atoms with van der Waals surface area (Å²) in [5.41, 5.74) is 4.10. The first kappa shape index (κ1) is 22.1. The van der Waals surface area contributed by atoms with Gasteiger partial charge < -0.3 is 20.4 Å². The first-order valence-corrected chi connectivity index (χ1v) is 11.2. The third kappa shape index (κ3) is 6.20. The summed E-state index contributed by atoms with van der Waals surface area (Å²) in [5.74, 6) is 0.123. The number of nitrogens with zero attached hydrogens (tertiary/aromatic N) is 2.